The van der Waals surface area contributed by atoms with Gasteiger partial charge in [-0.3, -0.25) is 14.5 Å². The first-order valence-corrected chi connectivity index (χ1v) is 10.3. The molecule has 2 aromatic carbocycles. The van der Waals surface area contributed by atoms with Crippen molar-refractivity contribution in [2.75, 3.05) is 4.90 Å². The Morgan fingerprint density at radius 1 is 1.00 bits per heavy atom. The lowest BCUT2D eigenvalue weighted by atomic mass is 9.77. The zero-order valence-electron chi connectivity index (χ0n) is 16.2. The predicted octanol–water partition coefficient (Wildman–Crippen LogP) is 5.99. The summed E-state index contributed by atoms with van der Waals surface area (Å²) in [6.07, 6.45) is 2.31. The third-order valence-corrected chi connectivity index (χ3v) is 6.12. The van der Waals surface area contributed by atoms with Crippen molar-refractivity contribution in [2.24, 2.45) is 0 Å². The molecule has 144 valence electrons. The topological polar surface area (TPSA) is 37.4 Å². The number of rotatable bonds is 3. The monoisotopic (exact) mass is 393 g/mol. The Morgan fingerprint density at radius 2 is 1.71 bits per heavy atom. The van der Waals surface area contributed by atoms with Gasteiger partial charge in [-0.05, 0) is 48.1 Å². The summed E-state index contributed by atoms with van der Waals surface area (Å²) in [6, 6.07) is 15.7. The van der Waals surface area contributed by atoms with Crippen molar-refractivity contribution >= 4 is 29.0 Å². The van der Waals surface area contributed by atoms with Gasteiger partial charge in [0, 0.05) is 40.7 Å². The summed E-state index contributed by atoms with van der Waals surface area (Å²) in [7, 11) is 0. The second-order valence-corrected chi connectivity index (χ2v) is 8.30. The third kappa shape index (κ3) is 3.29. The highest BCUT2D eigenvalue weighted by Crippen LogP contribution is 2.44. The summed E-state index contributed by atoms with van der Waals surface area (Å²) < 4.78 is 0. The fraction of sp³-hybridized carbons (Fsp3) is 0.333. The van der Waals surface area contributed by atoms with Crippen molar-refractivity contribution < 1.29 is 9.59 Å². The molecule has 0 aromatic heterocycles. The maximum absolute atomic E-state index is 13.2. The number of benzene rings is 2. The average Bonchev–Trinajstić information content (AvgIpc) is 2.68. The molecule has 1 atom stereocenters. The molecule has 0 bridgehead atoms. The van der Waals surface area contributed by atoms with Crippen molar-refractivity contribution in [3.05, 3.63) is 76.0 Å². The number of carbonyl (C=O) groups excluding carboxylic acids is 2. The molecule has 0 radical (unpaired) electrons. The van der Waals surface area contributed by atoms with Crippen LogP contribution < -0.4 is 4.90 Å². The van der Waals surface area contributed by atoms with Crippen LogP contribution in [0.15, 0.2) is 59.8 Å². The number of halogens is 1. The Hall–Kier alpha value is -2.39. The van der Waals surface area contributed by atoms with Crippen molar-refractivity contribution in [2.45, 2.75) is 51.4 Å². The molecule has 0 fully saturated rings. The molecule has 4 heteroatoms. The maximum atomic E-state index is 13.2. The van der Waals surface area contributed by atoms with E-state index in [0.29, 0.717) is 17.4 Å². The maximum Gasteiger partial charge on any atom is 0.232 e. The van der Waals surface area contributed by atoms with Crippen LogP contribution in [0.1, 0.15) is 62.5 Å². The molecule has 28 heavy (non-hydrogen) atoms. The van der Waals surface area contributed by atoms with Crippen molar-refractivity contribution in [1.29, 1.82) is 0 Å². The van der Waals surface area contributed by atoms with Gasteiger partial charge in [-0.1, -0.05) is 55.8 Å². The van der Waals surface area contributed by atoms with Gasteiger partial charge in [0.15, 0.2) is 5.78 Å². The van der Waals surface area contributed by atoms with Crippen LogP contribution in [-0.4, -0.2) is 11.7 Å². The van der Waals surface area contributed by atoms with Crippen molar-refractivity contribution in [3.8, 4) is 0 Å². The van der Waals surface area contributed by atoms with E-state index in [-0.39, 0.29) is 24.0 Å². The highest BCUT2D eigenvalue weighted by molar-refractivity contribution is 6.31. The number of allylic oxidation sites excluding steroid dienone is 2. The van der Waals surface area contributed by atoms with E-state index in [1.807, 2.05) is 36.4 Å². The molecule has 0 saturated carbocycles. The Labute approximate surface area is 171 Å². The first kappa shape index (κ1) is 18.9. The van der Waals surface area contributed by atoms with E-state index in [0.717, 1.165) is 35.4 Å². The van der Waals surface area contributed by atoms with E-state index >= 15 is 0 Å². The molecule has 2 aromatic rings. The highest BCUT2D eigenvalue weighted by Gasteiger charge is 2.40. The predicted molar refractivity (Wildman–Crippen MR) is 113 cm³/mol. The van der Waals surface area contributed by atoms with Gasteiger partial charge in [-0.15, -0.1) is 0 Å². The summed E-state index contributed by atoms with van der Waals surface area (Å²) in [4.78, 5) is 27.9. The fourth-order valence-corrected chi connectivity index (χ4v) is 4.59. The minimum absolute atomic E-state index is 0.0238. The highest BCUT2D eigenvalue weighted by atomic mass is 35.5. The Morgan fingerprint density at radius 3 is 2.39 bits per heavy atom. The van der Waals surface area contributed by atoms with Gasteiger partial charge >= 0.3 is 0 Å². The third-order valence-electron chi connectivity index (χ3n) is 5.77. The lowest BCUT2D eigenvalue weighted by Gasteiger charge is -2.38. The molecular weight excluding hydrogens is 370 g/mol. The second-order valence-electron chi connectivity index (χ2n) is 7.89. The molecule has 0 spiro atoms. The lowest BCUT2D eigenvalue weighted by Crippen LogP contribution is -2.40. The molecule has 0 N–H and O–H groups in total. The fourth-order valence-electron chi connectivity index (χ4n) is 4.32. The quantitative estimate of drug-likeness (QED) is 0.642. The number of anilines is 1. The van der Waals surface area contributed by atoms with E-state index in [4.69, 9.17) is 11.6 Å². The van der Waals surface area contributed by atoms with Crippen LogP contribution in [0.25, 0.3) is 0 Å². The van der Waals surface area contributed by atoms with Gasteiger partial charge in [0.1, 0.15) is 0 Å². The van der Waals surface area contributed by atoms with Crippen LogP contribution in [0.3, 0.4) is 0 Å². The zero-order valence-corrected chi connectivity index (χ0v) is 17.0. The Bertz CT molecular complexity index is 959. The van der Waals surface area contributed by atoms with E-state index in [9.17, 15) is 9.59 Å². The molecule has 2 aliphatic rings. The molecule has 1 amide bonds. The van der Waals surface area contributed by atoms with Crippen molar-refractivity contribution in [1.82, 2.24) is 0 Å². The van der Waals surface area contributed by atoms with Crippen LogP contribution in [-0.2, 0) is 9.59 Å². The summed E-state index contributed by atoms with van der Waals surface area (Å²) in [5.41, 5.74) is 4.57. The molecule has 1 aliphatic carbocycles. The number of carbonyl (C=O) groups is 2. The molecular formula is C24H24ClNO2. The van der Waals surface area contributed by atoms with E-state index < -0.39 is 0 Å². The zero-order chi connectivity index (χ0) is 19.8. The number of nitrogens with zero attached hydrogens (tertiary/aromatic N) is 1. The smallest absolute Gasteiger partial charge is 0.232 e. The minimum Gasteiger partial charge on any atom is -0.294 e. The van der Waals surface area contributed by atoms with Gasteiger partial charge in [0.25, 0.3) is 0 Å². The second kappa shape index (κ2) is 7.56. The van der Waals surface area contributed by atoms with Gasteiger partial charge in [-0.2, -0.15) is 0 Å². The largest absolute Gasteiger partial charge is 0.294 e. The molecule has 3 nitrogen and oxygen atoms in total. The van der Waals surface area contributed by atoms with Crippen LogP contribution in [0.4, 0.5) is 5.69 Å². The number of hydrogen-bond acceptors (Lipinski definition) is 2. The van der Waals surface area contributed by atoms with Crippen LogP contribution in [0.5, 0.6) is 0 Å². The standard InChI is InChI=1S/C24H24ClNO2/c1-15(2)16-10-12-17(13-11-16)26-21-8-5-9-22(27)24(21)19(14-23(26)28)18-6-3-4-7-20(18)25/h3-4,6-7,10-13,15,19H,5,8-9,14H2,1-2H3. The van der Waals surface area contributed by atoms with Crippen molar-refractivity contribution in [3.63, 3.8) is 0 Å². The number of hydrogen-bond donors (Lipinski definition) is 0. The normalized spacial score (nSPS) is 20.0. The Kier molecular flexibility index (Phi) is 5.11. The Balaban J connectivity index is 1.82. The number of ketones is 1. The first-order valence-electron chi connectivity index (χ1n) is 9.91. The molecule has 1 aliphatic heterocycles. The lowest BCUT2D eigenvalue weighted by molar-refractivity contribution is -0.119. The van der Waals surface area contributed by atoms with Crippen LogP contribution in [0, 0.1) is 0 Å². The number of amides is 1. The number of Topliss-reactive ketones (excluding diaryl/α,β-unsaturated/α-hetero) is 1. The van der Waals surface area contributed by atoms with Gasteiger partial charge < -0.3 is 0 Å². The van der Waals surface area contributed by atoms with E-state index in [2.05, 4.69) is 26.0 Å². The van der Waals surface area contributed by atoms with Crippen LogP contribution in [0.2, 0.25) is 5.02 Å². The average molecular weight is 394 g/mol. The first-order chi connectivity index (χ1) is 13.5. The summed E-state index contributed by atoms with van der Waals surface area (Å²) in [6.45, 7) is 4.30. The molecule has 1 heterocycles. The summed E-state index contributed by atoms with van der Waals surface area (Å²) in [5.74, 6) is 0.343. The van der Waals surface area contributed by atoms with Gasteiger partial charge in [0.05, 0.1) is 0 Å². The van der Waals surface area contributed by atoms with E-state index in [1.54, 1.807) is 4.90 Å². The summed E-state index contributed by atoms with van der Waals surface area (Å²) in [5, 5.41) is 0.611. The van der Waals surface area contributed by atoms with E-state index in [1.165, 1.54) is 5.56 Å². The molecule has 1 unspecified atom stereocenters. The van der Waals surface area contributed by atoms with Crippen LogP contribution >= 0.6 is 11.6 Å². The minimum atomic E-state index is -0.254. The molecule has 4 rings (SSSR count). The van der Waals surface area contributed by atoms with Gasteiger partial charge in [-0.25, -0.2) is 0 Å². The molecule has 0 saturated heterocycles. The van der Waals surface area contributed by atoms with Gasteiger partial charge in [0.2, 0.25) is 5.91 Å². The summed E-state index contributed by atoms with van der Waals surface area (Å²) >= 11 is 6.43. The SMILES string of the molecule is CC(C)c1ccc(N2C(=O)CC(c3ccccc3Cl)C3=C2CCCC3=O)cc1.